The lowest BCUT2D eigenvalue weighted by Gasteiger charge is -2.23. The van der Waals surface area contributed by atoms with Crippen molar-refractivity contribution < 1.29 is 4.79 Å². The van der Waals surface area contributed by atoms with Crippen molar-refractivity contribution in [2.45, 2.75) is 19.3 Å². The van der Waals surface area contributed by atoms with Gasteiger partial charge in [-0.05, 0) is 23.6 Å². The molecule has 0 saturated heterocycles. The van der Waals surface area contributed by atoms with Gasteiger partial charge in [0.05, 0.1) is 15.7 Å². The number of benzene rings is 1. The number of nitrogens with two attached hydrogens (primary N) is 1. The molecule has 0 aliphatic carbocycles. The molecule has 6 heteroatoms. The van der Waals surface area contributed by atoms with Crippen molar-refractivity contribution in [2.75, 3.05) is 12.3 Å². The van der Waals surface area contributed by atoms with E-state index in [1.54, 1.807) is 11.3 Å². The summed E-state index contributed by atoms with van der Waals surface area (Å²) in [5.41, 5.74) is 6.22. The molecule has 0 atom stereocenters. The number of halogens is 2. The maximum absolute atomic E-state index is 12.2. The minimum absolute atomic E-state index is 0.134. The van der Waals surface area contributed by atoms with Gasteiger partial charge in [-0.15, -0.1) is 11.3 Å². The molecule has 3 N–H and O–H groups in total. The van der Waals surface area contributed by atoms with Gasteiger partial charge in [-0.3, -0.25) is 4.79 Å². The summed E-state index contributed by atoms with van der Waals surface area (Å²) >= 11 is 13.6. The van der Waals surface area contributed by atoms with E-state index in [2.05, 4.69) is 25.2 Å². The standard InChI is InChI=1S/C15H16Cl2N2OS/c1-15(2,12-4-3-5-21-12)8-19-14(20)9-6-10(16)13(18)11(17)7-9/h3-7H,8,18H2,1-2H3,(H,19,20). The zero-order valence-electron chi connectivity index (χ0n) is 11.7. The van der Waals surface area contributed by atoms with Crippen molar-refractivity contribution in [1.82, 2.24) is 5.32 Å². The van der Waals surface area contributed by atoms with Crippen LogP contribution in [0.5, 0.6) is 0 Å². The monoisotopic (exact) mass is 342 g/mol. The lowest BCUT2D eigenvalue weighted by atomic mass is 9.91. The first-order valence-corrected chi connectivity index (χ1v) is 8.01. The molecule has 2 rings (SSSR count). The first-order chi connectivity index (χ1) is 9.81. The van der Waals surface area contributed by atoms with Gasteiger partial charge in [-0.1, -0.05) is 43.1 Å². The second-order valence-electron chi connectivity index (χ2n) is 5.40. The number of nitrogens with one attached hydrogen (secondary N) is 1. The van der Waals surface area contributed by atoms with Crippen LogP contribution in [0.4, 0.5) is 5.69 Å². The maximum atomic E-state index is 12.2. The summed E-state index contributed by atoms with van der Waals surface area (Å²) in [7, 11) is 0. The number of rotatable bonds is 4. The predicted octanol–water partition coefficient (Wildman–Crippen LogP) is 4.34. The average molecular weight is 343 g/mol. The topological polar surface area (TPSA) is 55.1 Å². The number of carbonyl (C=O) groups is 1. The number of nitrogen functional groups attached to an aromatic ring is 1. The highest BCUT2D eigenvalue weighted by molar-refractivity contribution is 7.10. The van der Waals surface area contributed by atoms with Crippen molar-refractivity contribution in [3.63, 3.8) is 0 Å². The van der Waals surface area contributed by atoms with Gasteiger partial charge in [0.15, 0.2) is 0 Å². The Balaban J connectivity index is 2.09. The molecule has 1 heterocycles. The fraction of sp³-hybridized carbons (Fsp3) is 0.267. The first kappa shape index (κ1) is 16.1. The van der Waals surface area contributed by atoms with Gasteiger partial charge in [0, 0.05) is 22.4 Å². The third kappa shape index (κ3) is 3.70. The van der Waals surface area contributed by atoms with Gasteiger partial charge in [-0.25, -0.2) is 0 Å². The smallest absolute Gasteiger partial charge is 0.251 e. The molecule has 0 aliphatic rings. The molecule has 112 valence electrons. The van der Waals surface area contributed by atoms with Gasteiger partial charge in [-0.2, -0.15) is 0 Å². The lowest BCUT2D eigenvalue weighted by Crippen LogP contribution is -2.36. The Hall–Kier alpha value is -1.23. The third-order valence-corrected chi connectivity index (χ3v) is 5.08. The Kier molecular flexibility index (Phi) is 4.81. The Morgan fingerprint density at radius 1 is 1.33 bits per heavy atom. The zero-order valence-corrected chi connectivity index (χ0v) is 14.1. The number of anilines is 1. The SMILES string of the molecule is CC(C)(CNC(=O)c1cc(Cl)c(N)c(Cl)c1)c1cccs1. The van der Waals surface area contributed by atoms with E-state index in [4.69, 9.17) is 28.9 Å². The van der Waals surface area contributed by atoms with Gasteiger partial charge in [0.2, 0.25) is 0 Å². The van der Waals surface area contributed by atoms with Crippen LogP contribution in [-0.4, -0.2) is 12.5 Å². The zero-order chi connectivity index (χ0) is 15.6. The summed E-state index contributed by atoms with van der Waals surface area (Å²) in [6.45, 7) is 4.69. The molecule has 1 aromatic heterocycles. The number of hydrogen-bond donors (Lipinski definition) is 2. The van der Waals surface area contributed by atoms with Crippen LogP contribution >= 0.6 is 34.5 Å². The highest BCUT2D eigenvalue weighted by Gasteiger charge is 2.23. The van der Waals surface area contributed by atoms with Crippen LogP contribution in [0.25, 0.3) is 0 Å². The first-order valence-electron chi connectivity index (χ1n) is 6.38. The minimum Gasteiger partial charge on any atom is -0.396 e. The normalized spacial score (nSPS) is 11.4. The summed E-state index contributed by atoms with van der Waals surface area (Å²) in [6, 6.07) is 7.11. The second-order valence-corrected chi connectivity index (χ2v) is 7.16. The van der Waals surface area contributed by atoms with Crippen LogP contribution in [0, 0.1) is 0 Å². The maximum Gasteiger partial charge on any atom is 0.251 e. The minimum atomic E-state index is -0.219. The Morgan fingerprint density at radius 3 is 2.48 bits per heavy atom. The number of amides is 1. The molecule has 2 aromatic rings. The van der Waals surface area contributed by atoms with Crippen LogP contribution < -0.4 is 11.1 Å². The summed E-state index contributed by atoms with van der Waals surface area (Å²) in [6.07, 6.45) is 0. The number of thiophene rings is 1. The number of carbonyl (C=O) groups excluding carboxylic acids is 1. The fourth-order valence-electron chi connectivity index (χ4n) is 1.87. The molecule has 1 amide bonds. The summed E-state index contributed by atoms with van der Waals surface area (Å²) in [4.78, 5) is 13.4. The molecule has 3 nitrogen and oxygen atoms in total. The largest absolute Gasteiger partial charge is 0.396 e. The molecule has 0 spiro atoms. The Morgan fingerprint density at radius 2 is 1.95 bits per heavy atom. The Labute approximate surface area is 138 Å². The molecular weight excluding hydrogens is 327 g/mol. The summed E-state index contributed by atoms with van der Waals surface area (Å²) < 4.78 is 0. The van der Waals surface area contributed by atoms with Gasteiger partial charge < -0.3 is 11.1 Å². The van der Waals surface area contributed by atoms with E-state index in [1.165, 1.54) is 17.0 Å². The van der Waals surface area contributed by atoms with E-state index in [0.717, 1.165) is 0 Å². The highest BCUT2D eigenvalue weighted by Crippen LogP contribution is 2.29. The van der Waals surface area contributed by atoms with E-state index >= 15 is 0 Å². The van der Waals surface area contributed by atoms with Crippen molar-refractivity contribution in [3.05, 3.63) is 50.1 Å². The van der Waals surface area contributed by atoms with Gasteiger partial charge in [0.1, 0.15) is 0 Å². The van der Waals surface area contributed by atoms with Crippen molar-refractivity contribution in [1.29, 1.82) is 0 Å². The van der Waals surface area contributed by atoms with Crippen molar-refractivity contribution in [2.24, 2.45) is 0 Å². The Bertz CT molecular complexity index is 631. The summed E-state index contributed by atoms with van der Waals surface area (Å²) in [5, 5.41) is 5.50. The molecule has 1 aromatic carbocycles. The lowest BCUT2D eigenvalue weighted by molar-refractivity contribution is 0.0946. The van der Waals surface area contributed by atoms with Gasteiger partial charge >= 0.3 is 0 Å². The molecule has 0 saturated carbocycles. The van der Waals surface area contributed by atoms with E-state index < -0.39 is 0 Å². The van der Waals surface area contributed by atoms with Crippen molar-refractivity contribution in [3.8, 4) is 0 Å². The van der Waals surface area contributed by atoms with Crippen LogP contribution in [0.15, 0.2) is 29.6 Å². The molecular formula is C15H16Cl2N2OS. The molecule has 0 bridgehead atoms. The highest BCUT2D eigenvalue weighted by atomic mass is 35.5. The van der Waals surface area contributed by atoms with E-state index in [0.29, 0.717) is 12.1 Å². The number of hydrogen-bond acceptors (Lipinski definition) is 3. The fourth-order valence-corrected chi connectivity index (χ4v) is 3.21. The molecule has 21 heavy (non-hydrogen) atoms. The average Bonchev–Trinajstić information content (AvgIpc) is 2.96. The molecule has 0 radical (unpaired) electrons. The van der Waals surface area contributed by atoms with E-state index in [-0.39, 0.29) is 27.1 Å². The molecule has 0 unspecified atom stereocenters. The predicted molar refractivity (Wildman–Crippen MR) is 90.6 cm³/mol. The molecule has 0 fully saturated rings. The van der Waals surface area contributed by atoms with E-state index in [9.17, 15) is 4.79 Å². The second kappa shape index (κ2) is 6.26. The van der Waals surface area contributed by atoms with Crippen LogP contribution in [0.1, 0.15) is 29.1 Å². The van der Waals surface area contributed by atoms with Crippen LogP contribution in [0.3, 0.4) is 0 Å². The van der Waals surface area contributed by atoms with Crippen LogP contribution in [-0.2, 0) is 5.41 Å². The van der Waals surface area contributed by atoms with E-state index in [1.807, 2.05) is 11.4 Å². The van der Waals surface area contributed by atoms with Crippen LogP contribution in [0.2, 0.25) is 10.0 Å². The van der Waals surface area contributed by atoms with Gasteiger partial charge in [0.25, 0.3) is 5.91 Å². The quantitative estimate of drug-likeness (QED) is 0.811. The third-order valence-electron chi connectivity index (χ3n) is 3.22. The summed E-state index contributed by atoms with van der Waals surface area (Å²) in [5.74, 6) is -0.219. The van der Waals surface area contributed by atoms with Crippen molar-refractivity contribution >= 4 is 46.1 Å². The molecule has 0 aliphatic heterocycles.